The molecule has 0 spiro atoms. The van der Waals surface area contributed by atoms with Crippen molar-refractivity contribution in [3.05, 3.63) is 70.7 Å². The van der Waals surface area contributed by atoms with Gasteiger partial charge in [0.2, 0.25) is 0 Å². The third-order valence-corrected chi connectivity index (χ3v) is 3.06. The Labute approximate surface area is 116 Å². The van der Waals surface area contributed by atoms with Gasteiger partial charge in [-0.1, -0.05) is 54.1 Å². The minimum atomic E-state index is -0.889. The van der Waals surface area contributed by atoms with E-state index in [9.17, 15) is 9.90 Å². The first-order valence-corrected chi connectivity index (χ1v) is 6.30. The Hall–Kier alpha value is -1.84. The molecule has 2 rings (SSSR count). The molecule has 0 saturated heterocycles. The highest BCUT2D eigenvalue weighted by Crippen LogP contribution is 2.15. The molecule has 0 aliphatic carbocycles. The Kier molecular flexibility index (Phi) is 4.55. The molecule has 0 heterocycles. The Morgan fingerprint density at radius 3 is 2.32 bits per heavy atom. The molecule has 2 aromatic carbocycles. The smallest absolute Gasteiger partial charge is 0.325 e. The average Bonchev–Trinajstić information content (AvgIpc) is 2.42. The molecule has 0 amide bonds. The van der Waals surface area contributed by atoms with Crippen molar-refractivity contribution in [1.29, 1.82) is 0 Å². The summed E-state index contributed by atoms with van der Waals surface area (Å²) in [5.74, 6) is -0.889. The van der Waals surface area contributed by atoms with Crippen molar-refractivity contribution < 1.29 is 9.90 Å². The van der Waals surface area contributed by atoms with Gasteiger partial charge in [-0.25, -0.2) is 0 Å². The van der Waals surface area contributed by atoms with Crippen LogP contribution in [0.2, 0.25) is 5.02 Å². The number of aliphatic carboxylic acids is 1. The second-order valence-corrected chi connectivity index (χ2v) is 4.63. The molecule has 19 heavy (non-hydrogen) atoms. The predicted octanol–water partition coefficient (Wildman–Crippen LogP) is 3.26. The highest BCUT2D eigenvalue weighted by Gasteiger charge is 2.18. The fraction of sp³-hybridized carbons (Fsp3) is 0.133. The molecule has 0 aromatic heterocycles. The summed E-state index contributed by atoms with van der Waals surface area (Å²) in [6.07, 6.45) is 0. The minimum absolute atomic E-state index is 0.475. The number of nitrogens with one attached hydrogen (secondary N) is 1. The van der Waals surface area contributed by atoms with E-state index in [0.717, 1.165) is 11.1 Å². The number of hydrogen-bond acceptors (Lipinski definition) is 2. The minimum Gasteiger partial charge on any atom is -0.480 e. The van der Waals surface area contributed by atoms with Crippen molar-refractivity contribution in [1.82, 2.24) is 5.32 Å². The van der Waals surface area contributed by atoms with Gasteiger partial charge in [0, 0.05) is 11.6 Å². The van der Waals surface area contributed by atoms with Gasteiger partial charge in [-0.05, 0) is 23.3 Å². The van der Waals surface area contributed by atoms with Crippen molar-refractivity contribution in [2.75, 3.05) is 0 Å². The maximum atomic E-state index is 11.3. The molecular weight excluding hydrogens is 262 g/mol. The first-order chi connectivity index (χ1) is 9.16. The lowest BCUT2D eigenvalue weighted by Crippen LogP contribution is -2.28. The number of benzene rings is 2. The number of carboxylic acids is 1. The summed E-state index contributed by atoms with van der Waals surface area (Å²) in [6, 6.07) is 15.7. The van der Waals surface area contributed by atoms with Crippen molar-refractivity contribution in [2.45, 2.75) is 12.6 Å². The Bertz CT molecular complexity index is 540. The fourth-order valence-corrected chi connectivity index (χ4v) is 1.94. The zero-order chi connectivity index (χ0) is 13.7. The van der Waals surface area contributed by atoms with Crippen LogP contribution in [0.4, 0.5) is 0 Å². The molecule has 2 aromatic rings. The van der Waals surface area contributed by atoms with Gasteiger partial charge >= 0.3 is 5.97 Å². The SMILES string of the molecule is O=C(O)[C@H](NCc1ccc(Cl)cc1)c1ccccc1. The fourth-order valence-electron chi connectivity index (χ4n) is 1.82. The van der Waals surface area contributed by atoms with Gasteiger partial charge in [0.25, 0.3) is 0 Å². The van der Waals surface area contributed by atoms with Crippen LogP contribution in [-0.4, -0.2) is 11.1 Å². The van der Waals surface area contributed by atoms with Crippen LogP contribution in [0.5, 0.6) is 0 Å². The van der Waals surface area contributed by atoms with E-state index >= 15 is 0 Å². The van der Waals surface area contributed by atoms with Gasteiger partial charge in [0.15, 0.2) is 0 Å². The van der Waals surface area contributed by atoms with E-state index in [1.54, 1.807) is 24.3 Å². The second kappa shape index (κ2) is 6.36. The Morgan fingerprint density at radius 1 is 1.11 bits per heavy atom. The Balaban J connectivity index is 2.06. The topological polar surface area (TPSA) is 49.3 Å². The summed E-state index contributed by atoms with van der Waals surface area (Å²) in [5.41, 5.74) is 1.73. The highest BCUT2D eigenvalue weighted by atomic mass is 35.5. The lowest BCUT2D eigenvalue weighted by Gasteiger charge is -2.14. The van der Waals surface area contributed by atoms with Gasteiger partial charge in [-0.15, -0.1) is 0 Å². The second-order valence-electron chi connectivity index (χ2n) is 4.19. The summed E-state index contributed by atoms with van der Waals surface area (Å²) in [7, 11) is 0. The van der Waals surface area contributed by atoms with Crippen LogP contribution < -0.4 is 5.32 Å². The molecule has 0 bridgehead atoms. The van der Waals surface area contributed by atoms with Crippen LogP contribution in [0.1, 0.15) is 17.2 Å². The quantitative estimate of drug-likeness (QED) is 0.881. The molecule has 3 nitrogen and oxygen atoms in total. The molecule has 2 N–H and O–H groups in total. The molecule has 0 unspecified atom stereocenters. The number of carboxylic acid groups (broad SMARTS) is 1. The first kappa shape index (κ1) is 13.6. The van der Waals surface area contributed by atoms with Gasteiger partial charge in [0.05, 0.1) is 0 Å². The van der Waals surface area contributed by atoms with Crippen LogP contribution in [-0.2, 0) is 11.3 Å². The Morgan fingerprint density at radius 2 is 1.74 bits per heavy atom. The zero-order valence-electron chi connectivity index (χ0n) is 10.2. The van der Waals surface area contributed by atoms with Crippen molar-refractivity contribution in [3.63, 3.8) is 0 Å². The van der Waals surface area contributed by atoms with Crippen LogP contribution in [0.15, 0.2) is 54.6 Å². The summed E-state index contributed by atoms with van der Waals surface area (Å²) in [4.78, 5) is 11.3. The highest BCUT2D eigenvalue weighted by molar-refractivity contribution is 6.30. The maximum absolute atomic E-state index is 11.3. The average molecular weight is 276 g/mol. The van der Waals surface area contributed by atoms with E-state index in [4.69, 9.17) is 11.6 Å². The van der Waals surface area contributed by atoms with Gasteiger partial charge in [-0.2, -0.15) is 0 Å². The molecule has 0 saturated carbocycles. The molecular formula is C15H14ClNO2. The van der Waals surface area contributed by atoms with Crippen LogP contribution in [0, 0.1) is 0 Å². The monoisotopic (exact) mass is 275 g/mol. The van der Waals surface area contributed by atoms with E-state index in [1.165, 1.54) is 0 Å². The van der Waals surface area contributed by atoms with Crippen molar-refractivity contribution in [2.24, 2.45) is 0 Å². The van der Waals surface area contributed by atoms with E-state index in [0.29, 0.717) is 11.6 Å². The molecule has 0 fully saturated rings. The lowest BCUT2D eigenvalue weighted by atomic mass is 10.1. The summed E-state index contributed by atoms with van der Waals surface area (Å²) >= 11 is 5.81. The van der Waals surface area contributed by atoms with Crippen molar-refractivity contribution >= 4 is 17.6 Å². The summed E-state index contributed by atoms with van der Waals surface area (Å²) in [5, 5.41) is 13.0. The standard InChI is InChI=1S/C15H14ClNO2/c16-13-8-6-11(7-9-13)10-17-14(15(18)19)12-4-2-1-3-5-12/h1-9,14,17H,10H2,(H,18,19)/t14-/m1/s1. The van der Waals surface area contributed by atoms with Crippen LogP contribution >= 0.6 is 11.6 Å². The number of carbonyl (C=O) groups is 1. The van der Waals surface area contributed by atoms with Crippen molar-refractivity contribution in [3.8, 4) is 0 Å². The summed E-state index contributed by atoms with van der Waals surface area (Å²) in [6.45, 7) is 0.475. The molecule has 4 heteroatoms. The maximum Gasteiger partial charge on any atom is 0.325 e. The van der Waals surface area contributed by atoms with Crippen LogP contribution in [0.3, 0.4) is 0 Å². The van der Waals surface area contributed by atoms with Gasteiger partial charge < -0.3 is 5.11 Å². The van der Waals surface area contributed by atoms with Crippen LogP contribution in [0.25, 0.3) is 0 Å². The largest absolute Gasteiger partial charge is 0.480 e. The molecule has 0 radical (unpaired) electrons. The third-order valence-electron chi connectivity index (χ3n) is 2.80. The molecule has 0 aliphatic rings. The number of halogens is 1. The van der Waals surface area contributed by atoms with E-state index < -0.39 is 12.0 Å². The van der Waals surface area contributed by atoms with E-state index in [1.807, 2.05) is 30.3 Å². The third kappa shape index (κ3) is 3.81. The summed E-state index contributed by atoms with van der Waals surface area (Å²) < 4.78 is 0. The van der Waals surface area contributed by atoms with E-state index in [-0.39, 0.29) is 0 Å². The predicted molar refractivity (Wildman–Crippen MR) is 75.1 cm³/mol. The zero-order valence-corrected chi connectivity index (χ0v) is 11.0. The lowest BCUT2D eigenvalue weighted by molar-refractivity contribution is -0.139. The number of hydrogen-bond donors (Lipinski definition) is 2. The molecule has 98 valence electrons. The molecule has 1 atom stereocenters. The number of rotatable bonds is 5. The normalized spacial score (nSPS) is 12.1. The van der Waals surface area contributed by atoms with Gasteiger partial charge in [0.1, 0.15) is 6.04 Å². The first-order valence-electron chi connectivity index (χ1n) is 5.92. The van der Waals surface area contributed by atoms with Gasteiger partial charge in [-0.3, -0.25) is 10.1 Å². The molecule has 0 aliphatic heterocycles. The van der Waals surface area contributed by atoms with E-state index in [2.05, 4.69) is 5.32 Å².